The number of phenols is 1. The van der Waals surface area contributed by atoms with Crippen LogP contribution in [0.4, 0.5) is 0 Å². The van der Waals surface area contributed by atoms with E-state index in [0.717, 1.165) is 12.8 Å². The average Bonchev–Trinajstić information content (AvgIpc) is 3.22. The third-order valence-corrected chi connectivity index (χ3v) is 4.37. The minimum atomic E-state index is -0.298. The predicted octanol–water partition coefficient (Wildman–Crippen LogP) is 4.08. The van der Waals surface area contributed by atoms with E-state index in [9.17, 15) is 9.90 Å². The van der Waals surface area contributed by atoms with Gasteiger partial charge in [-0.15, -0.1) is 0 Å². The first-order valence-electron chi connectivity index (χ1n) is 7.74. The number of carbonyl (C=O) groups excluding carboxylic acids is 1. The van der Waals surface area contributed by atoms with Crippen LogP contribution in [-0.4, -0.2) is 25.1 Å². The second kappa shape index (κ2) is 6.36. The maximum atomic E-state index is 12.6. The molecule has 1 heterocycles. The minimum absolute atomic E-state index is 0.104. The zero-order valence-corrected chi connectivity index (χ0v) is 13.3. The van der Waals surface area contributed by atoms with E-state index in [1.54, 1.807) is 6.07 Å². The molecule has 0 saturated heterocycles. The topological polar surface area (TPSA) is 68.9 Å². The molecule has 1 aliphatic rings. The summed E-state index contributed by atoms with van der Waals surface area (Å²) in [6.07, 6.45) is 9.55. The Morgan fingerprint density at radius 3 is 2.61 bits per heavy atom. The average molecular weight is 316 g/mol. The van der Waals surface area contributed by atoms with Gasteiger partial charge in [0.25, 0.3) is 0 Å². The molecule has 0 unspecified atom stereocenters. The van der Waals surface area contributed by atoms with Crippen molar-refractivity contribution in [3.63, 3.8) is 0 Å². The SMILES string of the molecule is COc1c(C(=O)/C=C/C2CCCC2)c(O)c(OC)c2occc12. The molecule has 0 atom stereocenters. The number of ether oxygens (including phenoxy) is 2. The highest BCUT2D eigenvalue weighted by atomic mass is 16.5. The van der Waals surface area contributed by atoms with Gasteiger partial charge in [0, 0.05) is 0 Å². The van der Waals surface area contributed by atoms with Gasteiger partial charge in [-0.2, -0.15) is 0 Å². The Kier molecular flexibility index (Phi) is 4.28. The molecule has 2 aromatic rings. The van der Waals surface area contributed by atoms with E-state index in [1.807, 2.05) is 6.08 Å². The maximum absolute atomic E-state index is 12.6. The van der Waals surface area contributed by atoms with Crippen molar-refractivity contribution in [1.29, 1.82) is 0 Å². The Balaban J connectivity index is 2.07. The predicted molar refractivity (Wildman–Crippen MR) is 86.4 cm³/mol. The second-order valence-electron chi connectivity index (χ2n) is 5.72. The van der Waals surface area contributed by atoms with Crippen molar-refractivity contribution in [2.45, 2.75) is 25.7 Å². The molecule has 1 aromatic carbocycles. The number of ketones is 1. The lowest BCUT2D eigenvalue weighted by Gasteiger charge is -2.13. The van der Waals surface area contributed by atoms with Crippen LogP contribution in [0.3, 0.4) is 0 Å². The largest absolute Gasteiger partial charge is 0.504 e. The van der Waals surface area contributed by atoms with Crippen LogP contribution in [0.15, 0.2) is 28.9 Å². The molecule has 3 rings (SSSR count). The number of hydrogen-bond donors (Lipinski definition) is 1. The number of fused-ring (bicyclic) bond motifs is 1. The first-order valence-corrected chi connectivity index (χ1v) is 7.74. The second-order valence-corrected chi connectivity index (χ2v) is 5.72. The van der Waals surface area contributed by atoms with Gasteiger partial charge in [0.05, 0.1) is 25.9 Å². The first-order chi connectivity index (χ1) is 11.2. The van der Waals surface area contributed by atoms with Crippen LogP contribution in [0, 0.1) is 5.92 Å². The standard InChI is InChI=1S/C18H20O5/c1-21-16-12-9-10-23-17(12)18(22-2)15(20)14(16)13(19)8-7-11-5-3-4-6-11/h7-11,20H,3-6H2,1-2H3/b8-7+. The van der Waals surface area contributed by atoms with E-state index in [4.69, 9.17) is 13.9 Å². The van der Waals surface area contributed by atoms with Crippen molar-refractivity contribution in [3.8, 4) is 17.2 Å². The molecule has 1 saturated carbocycles. The number of furan rings is 1. The van der Waals surface area contributed by atoms with E-state index in [0.29, 0.717) is 22.6 Å². The molecule has 0 bridgehead atoms. The molecule has 5 nitrogen and oxygen atoms in total. The Morgan fingerprint density at radius 2 is 1.96 bits per heavy atom. The monoisotopic (exact) mass is 316 g/mol. The Bertz CT molecular complexity index is 750. The van der Waals surface area contributed by atoms with Crippen LogP contribution in [0.25, 0.3) is 11.0 Å². The number of allylic oxidation sites excluding steroid dienone is 2. The Hall–Kier alpha value is -2.43. The summed E-state index contributed by atoms with van der Waals surface area (Å²) in [7, 11) is 2.89. The Morgan fingerprint density at radius 1 is 1.26 bits per heavy atom. The molecule has 23 heavy (non-hydrogen) atoms. The molecule has 0 spiro atoms. The van der Waals surface area contributed by atoms with Gasteiger partial charge in [-0.1, -0.05) is 18.9 Å². The highest BCUT2D eigenvalue weighted by molar-refractivity contribution is 6.13. The van der Waals surface area contributed by atoms with Crippen molar-refractivity contribution in [2.75, 3.05) is 14.2 Å². The number of rotatable bonds is 5. The summed E-state index contributed by atoms with van der Waals surface area (Å²) in [5, 5.41) is 11.1. The van der Waals surface area contributed by atoms with E-state index >= 15 is 0 Å². The number of aromatic hydroxyl groups is 1. The third kappa shape index (κ3) is 2.67. The lowest BCUT2D eigenvalue weighted by atomic mass is 10.0. The molecule has 1 aromatic heterocycles. The number of hydrogen-bond acceptors (Lipinski definition) is 5. The van der Waals surface area contributed by atoms with E-state index in [1.165, 1.54) is 39.4 Å². The van der Waals surface area contributed by atoms with Crippen LogP contribution in [0.5, 0.6) is 17.2 Å². The van der Waals surface area contributed by atoms with Gasteiger partial charge in [-0.3, -0.25) is 4.79 Å². The lowest BCUT2D eigenvalue weighted by molar-refractivity contribution is 0.104. The van der Waals surface area contributed by atoms with Gasteiger partial charge in [-0.05, 0) is 30.9 Å². The van der Waals surface area contributed by atoms with Gasteiger partial charge in [0.2, 0.25) is 5.75 Å². The van der Waals surface area contributed by atoms with Gasteiger partial charge < -0.3 is 19.0 Å². The maximum Gasteiger partial charge on any atom is 0.205 e. The molecule has 1 N–H and O–H groups in total. The summed E-state index contributed by atoms with van der Waals surface area (Å²) in [5.41, 5.74) is 0.464. The summed E-state index contributed by atoms with van der Waals surface area (Å²) in [4.78, 5) is 12.6. The highest BCUT2D eigenvalue weighted by Crippen LogP contribution is 2.45. The summed E-state index contributed by atoms with van der Waals surface area (Å²) < 4.78 is 15.9. The van der Waals surface area contributed by atoms with Crippen LogP contribution in [0.1, 0.15) is 36.0 Å². The smallest absolute Gasteiger partial charge is 0.205 e. The lowest BCUT2D eigenvalue weighted by Crippen LogP contribution is -2.03. The van der Waals surface area contributed by atoms with Crippen LogP contribution >= 0.6 is 0 Å². The van der Waals surface area contributed by atoms with Crippen molar-refractivity contribution in [1.82, 2.24) is 0 Å². The van der Waals surface area contributed by atoms with Gasteiger partial charge >= 0.3 is 0 Å². The Labute approximate surface area is 134 Å². The molecule has 0 radical (unpaired) electrons. The minimum Gasteiger partial charge on any atom is -0.504 e. The fourth-order valence-corrected chi connectivity index (χ4v) is 3.21. The van der Waals surface area contributed by atoms with Crippen molar-refractivity contribution in [3.05, 3.63) is 30.0 Å². The molecule has 1 aliphatic carbocycles. The summed E-state index contributed by atoms with van der Waals surface area (Å²) in [6, 6.07) is 1.69. The molecule has 1 fully saturated rings. The zero-order valence-electron chi connectivity index (χ0n) is 13.3. The number of methoxy groups -OCH3 is 2. The van der Waals surface area contributed by atoms with Crippen LogP contribution in [0.2, 0.25) is 0 Å². The molecular formula is C18H20O5. The number of phenolic OH excluding ortho intramolecular Hbond substituents is 1. The van der Waals surface area contributed by atoms with Crippen molar-refractivity contribution < 1.29 is 23.8 Å². The first kappa shape index (κ1) is 15.5. The van der Waals surface area contributed by atoms with Crippen molar-refractivity contribution in [2.24, 2.45) is 5.92 Å². The van der Waals surface area contributed by atoms with E-state index < -0.39 is 0 Å². The summed E-state index contributed by atoms with van der Waals surface area (Å²) in [6.45, 7) is 0. The summed E-state index contributed by atoms with van der Waals surface area (Å²) >= 11 is 0. The number of carbonyl (C=O) groups is 1. The van der Waals surface area contributed by atoms with Crippen LogP contribution < -0.4 is 9.47 Å². The molecule has 0 amide bonds. The van der Waals surface area contributed by atoms with Gasteiger partial charge in [0.1, 0.15) is 11.3 Å². The molecule has 0 aliphatic heterocycles. The highest BCUT2D eigenvalue weighted by Gasteiger charge is 2.26. The van der Waals surface area contributed by atoms with E-state index in [-0.39, 0.29) is 22.8 Å². The van der Waals surface area contributed by atoms with Gasteiger partial charge in [-0.25, -0.2) is 0 Å². The van der Waals surface area contributed by atoms with Crippen molar-refractivity contribution >= 4 is 16.8 Å². The third-order valence-electron chi connectivity index (χ3n) is 4.37. The fourth-order valence-electron chi connectivity index (χ4n) is 3.21. The quantitative estimate of drug-likeness (QED) is 0.665. The zero-order chi connectivity index (χ0) is 16.4. The fraction of sp³-hybridized carbons (Fsp3) is 0.389. The summed E-state index contributed by atoms with van der Waals surface area (Å²) in [5.74, 6) is 0.323. The molecular weight excluding hydrogens is 296 g/mol. The molecule has 122 valence electrons. The van der Waals surface area contributed by atoms with Crippen LogP contribution in [-0.2, 0) is 0 Å². The molecule has 5 heteroatoms. The van der Waals surface area contributed by atoms with E-state index in [2.05, 4.69) is 0 Å². The normalized spacial score (nSPS) is 15.6. The van der Waals surface area contributed by atoms with Gasteiger partial charge in [0.15, 0.2) is 17.1 Å². The number of benzene rings is 1.